The van der Waals surface area contributed by atoms with Crippen molar-refractivity contribution >= 4 is 11.0 Å². The Morgan fingerprint density at radius 2 is 2.12 bits per heavy atom. The molecular weight excluding hydrogens is 328 g/mol. The maximum Gasteiger partial charge on any atom is 0.141 e. The van der Waals surface area contributed by atoms with Crippen LogP contribution in [0.25, 0.3) is 22.3 Å². The van der Waals surface area contributed by atoms with Gasteiger partial charge in [-0.1, -0.05) is 0 Å². The van der Waals surface area contributed by atoms with Crippen molar-refractivity contribution in [3.63, 3.8) is 0 Å². The summed E-state index contributed by atoms with van der Waals surface area (Å²) in [5, 5.41) is 23.6. The average molecular weight is 340 g/mol. The van der Waals surface area contributed by atoms with E-state index < -0.39 is 0 Å². The minimum Gasteiger partial charge on any atom is -0.346 e. The second-order valence-electron chi connectivity index (χ2n) is 5.64. The summed E-state index contributed by atoms with van der Waals surface area (Å²) in [5.74, 6) is 0. The molecule has 8 nitrogen and oxygen atoms in total. The van der Waals surface area contributed by atoms with Crippen molar-refractivity contribution in [2.24, 2.45) is 0 Å². The molecule has 0 aliphatic rings. The van der Waals surface area contributed by atoms with E-state index in [9.17, 15) is 5.26 Å². The van der Waals surface area contributed by atoms with Crippen LogP contribution in [-0.2, 0) is 0 Å². The van der Waals surface area contributed by atoms with Crippen LogP contribution < -0.4 is 0 Å². The van der Waals surface area contributed by atoms with Crippen molar-refractivity contribution in [1.29, 1.82) is 10.5 Å². The molecule has 26 heavy (non-hydrogen) atoms. The molecule has 1 unspecified atom stereocenters. The fourth-order valence-electron chi connectivity index (χ4n) is 2.90. The number of nitrogens with one attached hydrogen (secondary N) is 1. The van der Waals surface area contributed by atoms with Gasteiger partial charge in [-0.3, -0.25) is 4.68 Å². The second-order valence-corrected chi connectivity index (χ2v) is 5.64. The van der Waals surface area contributed by atoms with E-state index in [0.717, 1.165) is 27.9 Å². The van der Waals surface area contributed by atoms with Crippen molar-refractivity contribution in [3.8, 4) is 23.4 Å². The third kappa shape index (κ3) is 2.66. The van der Waals surface area contributed by atoms with Crippen LogP contribution in [0.2, 0.25) is 0 Å². The molecule has 0 aliphatic heterocycles. The highest BCUT2D eigenvalue weighted by Gasteiger charge is 2.17. The number of rotatable bonds is 4. The molecule has 1 atom stereocenters. The summed E-state index contributed by atoms with van der Waals surface area (Å²) in [6.07, 6.45) is 8.66. The van der Waals surface area contributed by atoms with E-state index in [1.54, 1.807) is 29.2 Å². The molecule has 0 fully saturated rings. The molecule has 0 radical (unpaired) electrons. The van der Waals surface area contributed by atoms with Crippen LogP contribution in [0.15, 0.2) is 49.3 Å². The first kappa shape index (κ1) is 15.5. The van der Waals surface area contributed by atoms with Crippen molar-refractivity contribution in [1.82, 2.24) is 29.7 Å². The lowest BCUT2D eigenvalue weighted by atomic mass is 10.0. The zero-order valence-corrected chi connectivity index (χ0v) is 13.5. The number of aromatic amines is 1. The van der Waals surface area contributed by atoms with Gasteiger partial charge in [-0.05, 0) is 23.8 Å². The fourth-order valence-corrected chi connectivity index (χ4v) is 2.90. The smallest absolute Gasteiger partial charge is 0.141 e. The van der Waals surface area contributed by atoms with Crippen LogP contribution in [0.3, 0.4) is 0 Å². The molecule has 0 saturated carbocycles. The summed E-state index contributed by atoms with van der Waals surface area (Å²) in [4.78, 5) is 15.6. The Bertz CT molecular complexity index is 1160. The molecule has 0 saturated heterocycles. The molecule has 4 aromatic heterocycles. The number of nitriles is 2. The number of nitrogens with zero attached hydrogens (tertiary/aromatic N) is 7. The number of H-pyrrole nitrogens is 1. The van der Waals surface area contributed by atoms with Gasteiger partial charge in [0.15, 0.2) is 0 Å². The maximum atomic E-state index is 9.23. The Morgan fingerprint density at radius 1 is 1.19 bits per heavy atom. The van der Waals surface area contributed by atoms with Gasteiger partial charge in [-0.15, -0.1) is 0 Å². The molecular formula is C18H12N8. The zero-order chi connectivity index (χ0) is 17.9. The third-order valence-electron chi connectivity index (χ3n) is 4.12. The van der Waals surface area contributed by atoms with Crippen molar-refractivity contribution in [2.75, 3.05) is 0 Å². The second kappa shape index (κ2) is 6.46. The van der Waals surface area contributed by atoms with Crippen LogP contribution in [0, 0.1) is 22.7 Å². The summed E-state index contributed by atoms with van der Waals surface area (Å²) in [5.41, 5.74) is 3.47. The molecule has 0 amide bonds. The first-order valence-electron chi connectivity index (χ1n) is 7.86. The maximum absolute atomic E-state index is 9.23. The Balaban J connectivity index is 1.76. The Kier molecular flexibility index (Phi) is 3.85. The van der Waals surface area contributed by atoms with E-state index in [1.807, 2.05) is 24.5 Å². The average Bonchev–Trinajstić information content (AvgIpc) is 3.35. The normalized spacial score (nSPS) is 11.8. The minimum absolute atomic E-state index is 0.222. The Morgan fingerprint density at radius 3 is 2.96 bits per heavy atom. The van der Waals surface area contributed by atoms with Crippen LogP contribution in [-0.4, -0.2) is 29.7 Å². The number of hydrogen-bond acceptors (Lipinski definition) is 6. The fraction of sp³-hybridized carbons (Fsp3) is 0.111. The number of aromatic nitrogens is 6. The molecule has 0 aliphatic carbocycles. The van der Waals surface area contributed by atoms with Gasteiger partial charge in [0.05, 0.1) is 30.4 Å². The molecule has 0 bridgehead atoms. The van der Waals surface area contributed by atoms with Crippen LogP contribution in [0.4, 0.5) is 0 Å². The molecule has 4 heterocycles. The van der Waals surface area contributed by atoms with Crippen molar-refractivity contribution < 1.29 is 0 Å². The van der Waals surface area contributed by atoms with Crippen molar-refractivity contribution in [3.05, 3.63) is 60.6 Å². The number of hydrogen-bond donors (Lipinski definition) is 1. The molecule has 0 aromatic carbocycles. The first-order chi connectivity index (χ1) is 12.8. The minimum atomic E-state index is -0.313. The molecule has 4 rings (SSSR count). The van der Waals surface area contributed by atoms with Gasteiger partial charge in [-0.25, -0.2) is 15.0 Å². The molecule has 8 heteroatoms. The van der Waals surface area contributed by atoms with Gasteiger partial charge in [0.1, 0.15) is 23.7 Å². The molecule has 1 N–H and O–H groups in total. The third-order valence-corrected chi connectivity index (χ3v) is 4.12. The standard InChI is InChI=1S/C18H12N8/c19-4-1-16(12-2-5-21-14(7-12)8-20)26-10-13(9-25-26)17-15-3-6-22-18(15)24-11-23-17/h2-3,5-7,9-11,16H,1H2,(H,22,23,24). The van der Waals surface area contributed by atoms with E-state index in [4.69, 9.17) is 5.26 Å². The van der Waals surface area contributed by atoms with Gasteiger partial charge in [0.2, 0.25) is 0 Å². The van der Waals surface area contributed by atoms with Gasteiger partial charge in [0, 0.05) is 29.5 Å². The first-order valence-corrected chi connectivity index (χ1v) is 7.86. The van der Waals surface area contributed by atoms with E-state index in [0.29, 0.717) is 5.69 Å². The van der Waals surface area contributed by atoms with Crippen molar-refractivity contribution in [2.45, 2.75) is 12.5 Å². The number of fused-ring (bicyclic) bond motifs is 1. The predicted molar refractivity (Wildman–Crippen MR) is 92.4 cm³/mol. The quantitative estimate of drug-likeness (QED) is 0.609. The van der Waals surface area contributed by atoms with E-state index in [-0.39, 0.29) is 12.5 Å². The lowest BCUT2D eigenvalue weighted by molar-refractivity contribution is 0.532. The van der Waals surface area contributed by atoms with Gasteiger partial charge < -0.3 is 4.98 Å². The highest BCUT2D eigenvalue weighted by molar-refractivity contribution is 5.89. The van der Waals surface area contributed by atoms with Crippen LogP contribution in [0.1, 0.15) is 23.7 Å². The van der Waals surface area contributed by atoms with E-state index in [2.05, 4.69) is 31.1 Å². The summed E-state index contributed by atoms with van der Waals surface area (Å²) in [6, 6.07) is 9.27. The lowest BCUT2D eigenvalue weighted by Gasteiger charge is -2.14. The van der Waals surface area contributed by atoms with E-state index in [1.165, 1.54) is 6.33 Å². The SMILES string of the molecule is N#CCC(c1ccnc(C#N)c1)n1cc(-c2ncnc3[nH]ccc23)cn1. The Labute approximate surface area is 148 Å². The number of pyridine rings is 1. The molecule has 0 spiro atoms. The van der Waals surface area contributed by atoms with Gasteiger partial charge >= 0.3 is 0 Å². The van der Waals surface area contributed by atoms with E-state index >= 15 is 0 Å². The predicted octanol–water partition coefficient (Wildman–Crippen LogP) is 2.59. The summed E-state index contributed by atoms with van der Waals surface area (Å²) in [6.45, 7) is 0. The lowest BCUT2D eigenvalue weighted by Crippen LogP contribution is -2.11. The Hall–Kier alpha value is -4.04. The zero-order valence-electron chi connectivity index (χ0n) is 13.5. The summed E-state index contributed by atoms with van der Waals surface area (Å²) >= 11 is 0. The van der Waals surface area contributed by atoms with Gasteiger partial charge in [0.25, 0.3) is 0 Å². The monoisotopic (exact) mass is 340 g/mol. The van der Waals surface area contributed by atoms with Crippen LogP contribution in [0.5, 0.6) is 0 Å². The topological polar surface area (TPSA) is 120 Å². The summed E-state index contributed by atoms with van der Waals surface area (Å²) in [7, 11) is 0. The highest BCUT2D eigenvalue weighted by atomic mass is 15.3. The van der Waals surface area contributed by atoms with Crippen LogP contribution >= 0.6 is 0 Å². The highest BCUT2D eigenvalue weighted by Crippen LogP contribution is 2.27. The molecule has 124 valence electrons. The molecule has 4 aromatic rings. The summed E-state index contributed by atoms with van der Waals surface area (Å²) < 4.78 is 1.72. The van der Waals surface area contributed by atoms with Gasteiger partial charge in [-0.2, -0.15) is 15.6 Å². The largest absolute Gasteiger partial charge is 0.346 e.